The molecule has 0 radical (unpaired) electrons. The van der Waals surface area contributed by atoms with E-state index in [1.807, 2.05) is 18.0 Å². The molecule has 1 aromatic carbocycles. The number of hydrogen-bond acceptors (Lipinski definition) is 4. The number of rotatable bonds is 5. The molecule has 1 amide bonds. The molecule has 7 heteroatoms. The lowest BCUT2D eigenvalue weighted by Crippen LogP contribution is -2.47. The third-order valence-corrected chi connectivity index (χ3v) is 5.13. The van der Waals surface area contributed by atoms with Crippen molar-refractivity contribution in [2.45, 2.75) is 38.0 Å². The van der Waals surface area contributed by atoms with E-state index in [9.17, 15) is 4.79 Å². The molecule has 0 bridgehead atoms. The van der Waals surface area contributed by atoms with E-state index in [-0.39, 0.29) is 36.8 Å². The number of halogens is 2. The highest BCUT2D eigenvalue weighted by Crippen LogP contribution is 2.16. The van der Waals surface area contributed by atoms with Crippen molar-refractivity contribution >= 4 is 30.7 Å². The van der Waals surface area contributed by atoms with E-state index in [0.717, 1.165) is 45.6 Å². The standard InChI is InChI=1S/C19H29N3O2.2ClH/c1-20-17-7-9-22(10-8-17)19(23)13-18-15-21(11-12-24-18)14-16-5-3-2-4-6-16;;/h2-6,17-18,20H,7-15H2,1H3;2*1H. The molecule has 2 heterocycles. The second-order valence-corrected chi connectivity index (χ2v) is 6.86. The normalized spacial score (nSPS) is 21.6. The van der Waals surface area contributed by atoms with E-state index < -0.39 is 0 Å². The van der Waals surface area contributed by atoms with E-state index in [1.165, 1.54) is 5.56 Å². The Balaban J connectivity index is 0.00000169. The molecule has 2 fully saturated rings. The van der Waals surface area contributed by atoms with Crippen molar-refractivity contribution in [3.8, 4) is 0 Å². The maximum absolute atomic E-state index is 12.5. The second kappa shape index (κ2) is 11.8. The lowest BCUT2D eigenvalue weighted by molar-refractivity contribution is -0.137. The van der Waals surface area contributed by atoms with Gasteiger partial charge in [0.05, 0.1) is 19.1 Å². The van der Waals surface area contributed by atoms with Gasteiger partial charge in [-0.15, -0.1) is 24.8 Å². The minimum atomic E-state index is 0. The minimum Gasteiger partial charge on any atom is -0.375 e. The maximum Gasteiger partial charge on any atom is 0.225 e. The lowest BCUT2D eigenvalue weighted by atomic mass is 10.0. The average Bonchev–Trinajstić information content (AvgIpc) is 2.63. The number of carbonyl (C=O) groups excluding carboxylic acids is 1. The lowest BCUT2D eigenvalue weighted by Gasteiger charge is -2.35. The van der Waals surface area contributed by atoms with Crippen LogP contribution in [0.2, 0.25) is 0 Å². The van der Waals surface area contributed by atoms with Crippen LogP contribution < -0.4 is 5.32 Å². The minimum absolute atomic E-state index is 0. The van der Waals surface area contributed by atoms with Gasteiger partial charge in [0.15, 0.2) is 0 Å². The molecule has 1 unspecified atom stereocenters. The SMILES string of the molecule is CNC1CCN(C(=O)CC2CN(Cc3ccccc3)CCO2)CC1.Cl.Cl. The van der Waals surface area contributed by atoms with Crippen molar-refractivity contribution in [1.29, 1.82) is 0 Å². The summed E-state index contributed by atoms with van der Waals surface area (Å²) >= 11 is 0. The Hall–Kier alpha value is -0.850. The molecule has 148 valence electrons. The second-order valence-electron chi connectivity index (χ2n) is 6.86. The summed E-state index contributed by atoms with van der Waals surface area (Å²) < 4.78 is 5.85. The summed E-state index contributed by atoms with van der Waals surface area (Å²) in [6.45, 7) is 5.16. The van der Waals surface area contributed by atoms with Gasteiger partial charge in [0, 0.05) is 38.8 Å². The molecule has 0 spiro atoms. The fourth-order valence-corrected chi connectivity index (χ4v) is 3.63. The molecule has 5 nitrogen and oxygen atoms in total. The van der Waals surface area contributed by atoms with Gasteiger partial charge in [0.1, 0.15) is 0 Å². The number of piperidine rings is 1. The summed E-state index contributed by atoms with van der Waals surface area (Å²) in [4.78, 5) is 16.9. The van der Waals surface area contributed by atoms with Crippen molar-refractivity contribution < 1.29 is 9.53 Å². The van der Waals surface area contributed by atoms with Gasteiger partial charge < -0.3 is 15.0 Å². The van der Waals surface area contributed by atoms with Crippen LogP contribution in [0, 0.1) is 0 Å². The Morgan fingerprint density at radius 1 is 1.15 bits per heavy atom. The Labute approximate surface area is 169 Å². The fraction of sp³-hybridized carbons (Fsp3) is 0.632. The predicted molar refractivity (Wildman–Crippen MR) is 109 cm³/mol. The number of ether oxygens (including phenoxy) is 1. The van der Waals surface area contributed by atoms with Crippen molar-refractivity contribution in [3.05, 3.63) is 35.9 Å². The van der Waals surface area contributed by atoms with E-state index in [4.69, 9.17) is 4.74 Å². The Bertz CT molecular complexity index is 525. The highest BCUT2D eigenvalue weighted by atomic mass is 35.5. The molecule has 3 rings (SSSR count). The van der Waals surface area contributed by atoms with E-state index in [0.29, 0.717) is 19.1 Å². The number of morpholine rings is 1. The molecule has 26 heavy (non-hydrogen) atoms. The monoisotopic (exact) mass is 403 g/mol. The van der Waals surface area contributed by atoms with Crippen LogP contribution in [0.5, 0.6) is 0 Å². The Kier molecular flexibility index (Phi) is 10.5. The number of likely N-dealkylation sites (tertiary alicyclic amines) is 1. The van der Waals surface area contributed by atoms with E-state index in [2.05, 4.69) is 34.5 Å². The van der Waals surface area contributed by atoms with Crippen molar-refractivity contribution in [3.63, 3.8) is 0 Å². The summed E-state index contributed by atoms with van der Waals surface area (Å²) in [5, 5.41) is 3.30. The van der Waals surface area contributed by atoms with E-state index >= 15 is 0 Å². The largest absolute Gasteiger partial charge is 0.375 e. The Morgan fingerprint density at radius 2 is 1.85 bits per heavy atom. The van der Waals surface area contributed by atoms with Gasteiger partial charge >= 0.3 is 0 Å². The fourth-order valence-electron chi connectivity index (χ4n) is 3.63. The van der Waals surface area contributed by atoms with Crippen molar-refractivity contribution in [2.24, 2.45) is 0 Å². The third-order valence-electron chi connectivity index (χ3n) is 5.13. The summed E-state index contributed by atoms with van der Waals surface area (Å²) in [6, 6.07) is 11.1. The van der Waals surface area contributed by atoms with Crippen LogP contribution in [-0.2, 0) is 16.1 Å². The van der Waals surface area contributed by atoms with Crippen molar-refractivity contribution in [1.82, 2.24) is 15.1 Å². The zero-order valence-corrected chi connectivity index (χ0v) is 17.1. The first-order valence-corrected chi connectivity index (χ1v) is 9.07. The maximum atomic E-state index is 12.5. The van der Waals surface area contributed by atoms with Gasteiger partial charge in [-0.3, -0.25) is 9.69 Å². The first-order chi connectivity index (χ1) is 11.7. The third kappa shape index (κ3) is 6.71. The molecular weight excluding hydrogens is 373 g/mol. The van der Waals surface area contributed by atoms with Gasteiger partial charge in [-0.2, -0.15) is 0 Å². The van der Waals surface area contributed by atoms with Crippen LogP contribution in [0.1, 0.15) is 24.8 Å². The number of carbonyl (C=O) groups is 1. The van der Waals surface area contributed by atoms with Crippen LogP contribution in [0.15, 0.2) is 30.3 Å². The van der Waals surface area contributed by atoms with Gasteiger partial charge in [-0.25, -0.2) is 0 Å². The number of nitrogens with zero attached hydrogens (tertiary/aromatic N) is 2. The molecule has 0 saturated carbocycles. The summed E-state index contributed by atoms with van der Waals surface area (Å²) in [6.07, 6.45) is 2.63. The number of nitrogens with one attached hydrogen (secondary N) is 1. The molecule has 1 atom stereocenters. The molecule has 0 aromatic heterocycles. The molecular formula is C19H31Cl2N3O2. The van der Waals surface area contributed by atoms with Crippen LogP contribution in [0.3, 0.4) is 0 Å². The zero-order chi connectivity index (χ0) is 16.8. The molecule has 1 aromatic rings. The molecule has 2 saturated heterocycles. The Morgan fingerprint density at radius 3 is 2.50 bits per heavy atom. The first kappa shape index (κ1) is 23.2. The molecule has 1 N–H and O–H groups in total. The van der Waals surface area contributed by atoms with Crippen LogP contribution in [0.4, 0.5) is 0 Å². The van der Waals surface area contributed by atoms with Crippen LogP contribution >= 0.6 is 24.8 Å². The highest BCUT2D eigenvalue weighted by molar-refractivity contribution is 5.85. The van der Waals surface area contributed by atoms with Crippen molar-refractivity contribution in [2.75, 3.05) is 39.8 Å². The van der Waals surface area contributed by atoms with Crippen LogP contribution in [0.25, 0.3) is 0 Å². The number of benzene rings is 1. The molecule has 2 aliphatic rings. The summed E-state index contributed by atoms with van der Waals surface area (Å²) in [5.41, 5.74) is 1.32. The van der Waals surface area contributed by atoms with Gasteiger partial charge in [-0.1, -0.05) is 30.3 Å². The number of hydrogen-bond donors (Lipinski definition) is 1. The average molecular weight is 404 g/mol. The summed E-state index contributed by atoms with van der Waals surface area (Å²) in [7, 11) is 2.00. The first-order valence-electron chi connectivity index (χ1n) is 9.07. The number of amides is 1. The molecule has 0 aliphatic carbocycles. The smallest absolute Gasteiger partial charge is 0.225 e. The quantitative estimate of drug-likeness (QED) is 0.819. The van der Waals surface area contributed by atoms with Gasteiger partial charge in [0.2, 0.25) is 5.91 Å². The molecule has 2 aliphatic heterocycles. The van der Waals surface area contributed by atoms with Gasteiger partial charge in [-0.05, 0) is 25.5 Å². The van der Waals surface area contributed by atoms with E-state index in [1.54, 1.807) is 0 Å². The van der Waals surface area contributed by atoms with Gasteiger partial charge in [0.25, 0.3) is 0 Å². The summed E-state index contributed by atoms with van der Waals surface area (Å²) in [5.74, 6) is 0.246. The predicted octanol–water partition coefficient (Wildman–Crippen LogP) is 2.33. The highest BCUT2D eigenvalue weighted by Gasteiger charge is 2.27. The zero-order valence-electron chi connectivity index (χ0n) is 15.4. The topological polar surface area (TPSA) is 44.8 Å². The van der Waals surface area contributed by atoms with Crippen LogP contribution in [-0.4, -0.2) is 67.7 Å².